The molecular weight excluding hydrogens is 172 g/mol. The molecule has 0 aliphatic rings. The van der Waals surface area contributed by atoms with Gasteiger partial charge in [0.15, 0.2) is 0 Å². The van der Waals surface area contributed by atoms with E-state index in [-0.39, 0.29) is 0 Å². The van der Waals surface area contributed by atoms with Crippen LogP contribution in [0.2, 0.25) is 0 Å². The van der Waals surface area contributed by atoms with Crippen molar-refractivity contribution in [3.05, 3.63) is 34.4 Å². The number of nitrogens with zero attached hydrogens (tertiary/aromatic N) is 2. The predicted octanol–water partition coefficient (Wildman–Crippen LogP) is 2.44. The summed E-state index contributed by atoms with van der Waals surface area (Å²) in [5, 5.41) is 17.2. The lowest BCUT2D eigenvalue weighted by Crippen LogP contribution is -1.94. The molecule has 0 fully saturated rings. The first-order valence-electron chi connectivity index (χ1n) is 4.52. The van der Waals surface area contributed by atoms with Gasteiger partial charge in [-0.15, -0.1) is 0 Å². The Bertz CT molecular complexity index is 377. The second-order valence-electron chi connectivity index (χ2n) is 3.37. The second kappa shape index (κ2) is 4.44. The maximum atomic E-state index is 8.61. The Balaban J connectivity index is 3.13. The van der Waals surface area contributed by atoms with Crippen molar-refractivity contribution in [2.75, 3.05) is 0 Å². The van der Waals surface area contributed by atoms with Crippen molar-refractivity contribution in [2.24, 2.45) is 0 Å². The molecule has 0 bridgehead atoms. The van der Waals surface area contributed by atoms with E-state index in [1.807, 2.05) is 26.0 Å². The molecule has 1 aromatic rings. The van der Waals surface area contributed by atoms with Crippen molar-refractivity contribution in [3.63, 3.8) is 0 Å². The van der Waals surface area contributed by atoms with Crippen molar-refractivity contribution in [1.82, 2.24) is 0 Å². The van der Waals surface area contributed by atoms with Gasteiger partial charge >= 0.3 is 0 Å². The number of hydrogen-bond donors (Lipinski definition) is 0. The van der Waals surface area contributed by atoms with Crippen LogP contribution in [-0.4, -0.2) is 0 Å². The number of aryl methyl sites for hydroxylation is 2. The first kappa shape index (κ1) is 10.3. The van der Waals surface area contributed by atoms with E-state index in [1.54, 1.807) is 0 Å². The van der Waals surface area contributed by atoms with Gasteiger partial charge in [0, 0.05) is 0 Å². The Morgan fingerprint density at radius 3 is 1.57 bits per heavy atom. The molecule has 0 aliphatic heterocycles. The molecule has 0 saturated carbocycles. The van der Waals surface area contributed by atoms with Gasteiger partial charge in [-0.3, -0.25) is 0 Å². The van der Waals surface area contributed by atoms with E-state index in [1.165, 1.54) is 0 Å². The van der Waals surface area contributed by atoms with Crippen LogP contribution in [-0.2, 0) is 12.8 Å². The molecule has 2 heteroatoms. The van der Waals surface area contributed by atoms with E-state index in [0.29, 0.717) is 12.8 Å². The molecule has 2 nitrogen and oxygen atoms in total. The number of hydrogen-bond acceptors (Lipinski definition) is 2. The van der Waals surface area contributed by atoms with Gasteiger partial charge in [0.05, 0.1) is 25.0 Å². The molecule has 0 atom stereocenters. The lowest BCUT2D eigenvalue weighted by Gasteiger charge is -2.07. The average molecular weight is 184 g/mol. The highest BCUT2D eigenvalue weighted by atomic mass is 14.2. The number of benzene rings is 1. The summed E-state index contributed by atoms with van der Waals surface area (Å²) in [7, 11) is 0. The third kappa shape index (κ3) is 2.12. The van der Waals surface area contributed by atoms with Gasteiger partial charge in [-0.1, -0.05) is 12.1 Å². The van der Waals surface area contributed by atoms with Crippen LogP contribution in [0.4, 0.5) is 0 Å². The topological polar surface area (TPSA) is 47.6 Å². The summed E-state index contributed by atoms with van der Waals surface area (Å²) < 4.78 is 0. The molecule has 1 rings (SSSR count). The van der Waals surface area contributed by atoms with Gasteiger partial charge in [0.2, 0.25) is 0 Å². The minimum atomic E-state index is 0.444. The molecule has 0 N–H and O–H groups in total. The molecule has 1 aromatic carbocycles. The van der Waals surface area contributed by atoms with Gasteiger partial charge in [0.1, 0.15) is 0 Å². The van der Waals surface area contributed by atoms with E-state index in [4.69, 9.17) is 10.5 Å². The van der Waals surface area contributed by atoms with Crippen molar-refractivity contribution in [2.45, 2.75) is 26.7 Å². The molecule has 0 saturated heterocycles. The smallest absolute Gasteiger partial charge is 0.0669 e. The largest absolute Gasteiger partial charge is 0.198 e. The molecule has 0 aromatic heterocycles. The molecule has 0 radical (unpaired) electrons. The quantitative estimate of drug-likeness (QED) is 0.708. The molecule has 14 heavy (non-hydrogen) atoms. The second-order valence-corrected chi connectivity index (χ2v) is 3.37. The van der Waals surface area contributed by atoms with Crippen LogP contribution >= 0.6 is 0 Å². The van der Waals surface area contributed by atoms with Crippen LogP contribution in [0.5, 0.6) is 0 Å². The summed E-state index contributed by atoms with van der Waals surface area (Å²) in [4.78, 5) is 0. The van der Waals surface area contributed by atoms with Gasteiger partial charge < -0.3 is 0 Å². The Morgan fingerprint density at radius 2 is 1.29 bits per heavy atom. The number of rotatable bonds is 2. The summed E-state index contributed by atoms with van der Waals surface area (Å²) in [6.45, 7) is 3.96. The molecule has 0 heterocycles. The van der Waals surface area contributed by atoms with Crippen molar-refractivity contribution in [3.8, 4) is 12.1 Å². The van der Waals surface area contributed by atoms with Crippen molar-refractivity contribution < 1.29 is 0 Å². The highest BCUT2D eigenvalue weighted by Crippen LogP contribution is 2.16. The summed E-state index contributed by atoms with van der Waals surface area (Å²) in [5.41, 5.74) is 4.32. The minimum absolute atomic E-state index is 0.444. The van der Waals surface area contributed by atoms with E-state index >= 15 is 0 Å². The van der Waals surface area contributed by atoms with E-state index < -0.39 is 0 Å². The van der Waals surface area contributed by atoms with Crippen LogP contribution < -0.4 is 0 Å². The average Bonchev–Trinajstić information content (AvgIpc) is 2.14. The first-order valence-corrected chi connectivity index (χ1v) is 4.52. The van der Waals surface area contributed by atoms with Crippen molar-refractivity contribution in [1.29, 1.82) is 10.5 Å². The van der Waals surface area contributed by atoms with Crippen LogP contribution in [0.3, 0.4) is 0 Å². The van der Waals surface area contributed by atoms with Gasteiger partial charge in [-0.05, 0) is 36.1 Å². The predicted molar refractivity (Wildman–Crippen MR) is 54.6 cm³/mol. The van der Waals surface area contributed by atoms with Crippen LogP contribution in [0.15, 0.2) is 12.1 Å². The van der Waals surface area contributed by atoms with Gasteiger partial charge in [-0.25, -0.2) is 0 Å². The van der Waals surface area contributed by atoms with Gasteiger partial charge in [-0.2, -0.15) is 10.5 Å². The fraction of sp³-hybridized carbons (Fsp3) is 0.333. The fourth-order valence-electron chi connectivity index (χ4n) is 1.49. The third-order valence-corrected chi connectivity index (χ3v) is 2.33. The Kier molecular flexibility index (Phi) is 3.26. The molecule has 0 unspecified atom stereocenters. The SMILES string of the molecule is Cc1cc(CC#N)c(C)cc1CC#N. The maximum Gasteiger partial charge on any atom is 0.0669 e. The fourth-order valence-corrected chi connectivity index (χ4v) is 1.49. The molecule has 0 aliphatic carbocycles. The van der Waals surface area contributed by atoms with E-state index in [0.717, 1.165) is 22.3 Å². The van der Waals surface area contributed by atoms with Crippen LogP contribution in [0, 0.1) is 36.5 Å². The lowest BCUT2D eigenvalue weighted by atomic mass is 9.97. The van der Waals surface area contributed by atoms with Crippen LogP contribution in [0.1, 0.15) is 22.3 Å². The highest BCUT2D eigenvalue weighted by molar-refractivity contribution is 5.39. The summed E-state index contributed by atoms with van der Waals surface area (Å²) in [6.07, 6.45) is 0.888. The van der Waals surface area contributed by atoms with E-state index in [2.05, 4.69) is 12.1 Å². The number of nitriles is 2. The third-order valence-electron chi connectivity index (χ3n) is 2.33. The van der Waals surface area contributed by atoms with Crippen molar-refractivity contribution >= 4 is 0 Å². The maximum absolute atomic E-state index is 8.61. The zero-order valence-electron chi connectivity index (χ0n) is 8.46. The minimum Gasteiger partial charge on any atom is -0.198 e. The lowest BCUT2D eigenvalue weighted by molar-refractivity contribution is 1.14. The molecule has 0 amide bonds. The molecule has 70 valence electrons. The molecular formula is C12H12N2. The van der Waals surface area contributed by atoms with Gasteiger partial charge in [0.25, 0.3) is 0 Å². The first-order chi connectivity index (χ1) is 6.69. The standard InChI is InChI=1S/C12H12N2/c1-9-7-12(4-6-14)10(2)8-11(9)3-5-13/h7-8H,3-4H2,1-2H3. The van der Waals surface area contributed by atoms with E-state index in [9.17, 15) is 0 Å². The zero-order valence-corrected chi connectivity index (χ0v) is 8.46. The molecule has 0 spiro atoms. The zero-order chi connectivity index (χ0) is 10.6. The Labute approximate surface area is 84.4 Å². The normalized spacial score (nSPS) is 9.14. The Morgan fingerprint density at radius 1 is 0.929 bits per heavy atom. The Hall–Kier alpha value is -1.80. The van der Waals surface area contributed by atoms with Crippen LogP contribution in [0.25, 0.3) is 0 Å². The summed E-state index contributed by atoms with van der Waals surface area (Å²) >= 11 is 0. The monoisotopic (exact) mass is 184 g/mol. The summed E-state index contributed by atoms with van der Waals surface area (Å²) in [6, 6.07) is 8.29. The summed E-state index contributed by atoms with van der Waals surface area (Å²) in [5.74, 6) is 0. The highest BCUT2D eigenvalue weighted by Gasteiger charge is 2.03.